The summed E-state index contributed by atoms with van der Waals surface area (Å²) in [6.45, 7) is 5.30. The number of hydrogen-bond acceptors (Lipinski definition) is 5. The molecule has 0 fully saturated rings. The normalized spacial score (nSPS) is 12.1. The molecule has 2 aromatic heterocycles. The van der Waals surface area contributed by atoms with Crippen molar-refractivity contribution in [3.05, 3.63) is 75.8 Å². The minimum absolute atomic E-state index is 0.171. The SMILES string of the molecule is Cc1cc(C)nc(C(C#N)C(=O)/C=C/c2c(C)nn(-c3ccc(F)cc3)c2Cl)n1. The lowest BCUT2D eigenvalue weighted by molar-refractivity contribution is -0.114. The summed E-state index contributed by atoms with van der Waals surface area (Å²) in [5.41, 5.74) is 3.07. The second-order valence-electron chi connectivity index (χ2n) is 6.48. The average molecular weight is 410 g/mol. The Morgan fingerprint density at radius 2 is 1.83 bits per heavy atom. The van der Waals surface area contributed by atoms with Crippen LogP contribution in [-0.2, 0) is 4.79 Å². The first kappa shape index (κ1) is 20.4. The average Bonchev–Trinajstić information content (AvgIpc) is 2.94. The molecule has 146 valence electrons. The molecule has 8 heteroatoms. The van der Waals surface area contributed by atoms with Crippen LogP contribution in [0.1, 0.15) is 34.4 Å². The van der Waals surface area contributed by atoms with Crippen LogP contribution in [0.3, 0.4) is 0 Å². The molecule has 3 aromatic rings. The molecule has 0 spiro atoms. The third-order valence-electron chi connectivity index (χ3n) is 4.20. The fraction of sp³-hybridized carbons (Fsp3) is 0.190. The first-order chi connectivity index (χ1) is 13.8. The van der Waals surface area contributed by atoms with E-state index in [0.717, 1.165) is 0 Å². The lowest BCUT2D eigenvalue weighted by Crippen LogP contribution is -2.13. The molecule has 2 heterocycles. The van der Waals surface area contributed by atoms with Crippen molar-refractivity contribution in [2.45, 2.75) is 26.7 Å². The summed E-state index contributed by atoms with van der Waals surface area (Å²) in [6.07, 6.45) is 2.79. The molecule has 0 bridgehead atoms. The van der Waals surface area contributed by atoms with Gasteiger partial charge in [0, 0.05) is 17.0 Å². The first-order valence-corrected chi connectivity index (χ1v) is 9.12. The van der Waals surface area contributed by atoms with Crippen LogP contribution >= 0.6 is 11.6 Å². The van der Waals surface area contributed by atoms with Gasteiger partial charge in [0.25, 0.3) is 0 Å². The Kier molecular flexibility index (Phi) is 5.85. The highest BCUT2D eigenvalue weighted by Crippen LogP contribution is 2.25. The highest BCUT2D eigenvalue weighted by Gasteiger charge is 2.22. The van der Waals surface area contributed by atoms with E-state index < -0.39 is 11.7 Å². The minimum atomic E-state index is -1.11. The maximum absolute atomic E-state index is 13.1. The van der Waals surface area contributed by atoms with Crippen molar-refractivity contribution in [2.75, 3.05) is 0 Å². The topological polar surface area (TPSA) is 84.5 Å². The lowest BCUT2D eigenvalue weighted by Gasteiger charge is -2.06. The standard InChI is InChI=1S/C21H17ClFN5O/c1-12-10-13(2)26-21(25-12)18(11-24)19(29)9-8-17-14(3)27-28(20(17)22)16-6-4-15(23)5-7-16/h4-10,18H,1-3H3/b9-8+. The number of ketones is 1. The summed E-state index contributed by atoms with van der Waals surface area (Å²) < 4.78 is 14.6. The molecule has 0 radical (unpaired) electrons. The van der Waals surface area contributed by atoms with E-state index in [-0.39, 0.29) is 16.8 Å². The second-order valence-corrected chi connectivity index (χ2v) is 6.84. The number of nitriles is 1. The second kappa shape index (κ2) is 8.33. The molecule has 0 N–H and O–H groups in total. The zero-order valence-corrected chi connectivity index (χ0v) is 16.8. The summed E-state index contributed by atoms with van der Waals surface area (Å²) in [5.74, 6) is -1.77. The van der Waals surface area contributed by atoms with Gasteiger partial charge in [0.1, 0.15) is 11.0 Å². The largest absolute Gasteiger partial charge is 0.293 e. The highest BCUT2D eigenvalue weighted by molar-refractivity contribution is 6.31. The van der Waals surface area contributed by atoms with Gasteiger partial charge in [0.2, 0.25) is 0 Å². The minimum Gasteiger partial charge on any atom is -0.293 e. The Hall–Kier alpha value is -3.37. The zero-order valence-electron chi connectivity index (χ0n) is 16.0. The Bertz CT molecular complexity index is 1120. The van der Waals surface area contributed by atoms with E-state index >= 15 is 0 Å². The van der Waals surface area contributed by atoms with Gasteiger partial charge in [0.05, 0.1) is 17.5 Å². The molecule has 1 atom stereocenters. The van der Waals surface area contributed by atoms with Crippen LogP contribution in [-0.4, -0.2) is 25.5 Å². The van der Waals surface area contributed by atoms with Crippen molar-refractivity contribution >= 4 is 23.5 Å². The van der Waals surface area contributed by atoms with Gasteiger partial charge in [-0.3, -0.25) is 4.79 Å². The first-order valence-electron chi connectivity index (χ1n) is 8.75. The molecular formula is C21H17ClFN5O. The number of hydrogen-bond donors (Lipinski definition) is 0. The van der Waals surface area contributed by atoms with Crippen LogP contribution in [0.15, 0.2) is 36.4 Å². The van der Waals surface area contributed by atoms with Crippen LogP contribution in [0, 0.1) is 37.9 Å². The van der Waals surface area contributed by atoms with E-state index in [1.807, 2.05) is 6.07 Å². The molecule has 0 aliphatic heterocycles. The number of rotatable bonds is 5. The van der Waals surface area contributed by atoms with Gasteiger partial charge >= 0.3 is 0 Å². The molecule has 0 aliphatic rings. The predicted octanol–water partition coefficient (Wildman–Crippen LogP) is 4.27. The summed E-state index contributed by atoms with van der Waals surface area (Å²) >= 11 is 6.41. The van der Waals surface area contributed by atoms with Crippen molar-refractivity contribution in [2.24, 2.45) is 0 Å². The number of carbonyl (C=O) groups excluding carboxylic acids is 1. The molecular weight excluding hydrogens is 393 g/mol. The number of allylic oxidation sites excluding steroid dienone is 1. The Labute approximate surface area is 172 Å². The lowest BCUT2D eigenvalue weighted by atomic mass is 10.0. The van der Waals surface area contributed by atoms with Crippen molar-refractivity contribution in [3.8, 4) is 11.8 Å². The molecule has 3 rings (SSSR count). The van der Waals surface area contributed by atoms with Gasteiger partial charge in [-0.2, -0.15) is 10.4 Å². The zero-order chi connectivity index (χ0) is 21.1. The molecule has 1 unspecified atom stereocenters. The van der Waals surface area contributed by atoms with Crippen molar-refractivity contribution in [1.29, 1.82) is 5.26 Å². The number of nitrogens with zero attached hydrogens (tertiary/aromatic N) is 5. The number of carbonyl (C=O) groups is 1. The monoisotopic (exact) mass is 409 g/mol. The fourth-order valence-electron chi connectivity index (χ4n) is 2.85. The maximum Gasteiger partial charge on any atom is 0.180 e. The number of aromatic nitrogens is 4. The fourth-order valence-corrected chi connectivity index (χ4v) is 3.18. The molecule has 0 aliphatic carbocycles. The predicted molar refractivity (Wildman–Crippen MR) is 107 cm³/mol. The quantitative estimate of drug-likeness (QED) is 0.587. The van der Waals surface area contributed by atoms with Crippen molar-refractivity contribution in [3.63, 3.8) is 0 Å². The van der Waals surface area contributed by atoms with Crippen LogP contribution < -0.4 is 0 Å². The molecule has 0 saturated heterocycles. The number of benzene rings is 1. The third-order valence-corrected chi connectivity index (χ3v) is 4.57. The van der Waals surface area contributed by atoms with Gasteiger partial charge in [0.15, 0.2) is 17.5 Å². The van der Waals surface area contributed by atoms with E-state index in [2.05, 4.69) is 15.1 Å². The van der Waals surface area contributed by atoms with Gasteiger partial charge in [-0.15, -0.1) is 0 Å². The smallest absolute Gasteiger partial charge is 0.180 e. The van der Waals surface area contributed by atoms with E-state index in [1.54, 1.807) is 39.0 Å². The van der Waals surface area contributed by atoms with Crippen LogP contribution in [0.25, 0.3) is 11.8 Å². The molecule has 0 amide bonds. The summed E-state index contributed by atoms with van der Waals surface area (Å²) in [5, 5.41) is 14.1. The van der Waals surface area contributed by atoms with E-state index in [1.165, 1.54) is 29.0 Å². The van der Waals surface area contributed by atoms with Crippen LogP contribution in [0.4, 0.5) is 4.39 Å². The number of halogens is 2. The Morgan fingerprint density at radius 3 is 2.41 bits per heavy atom. The molecule has 0 saturated carbocycles. The van der Waals surface area contributed by atoms with Crippen molar-refractivity contribution in [1.82, 2.24) is 19.7 Å². The van der Waals surface area contributed by atoms with Gasteiger partial charge in [-0.05, 0) is 63.3 Å². The van der Waals surface area contributed by atoms with Crippen LogP contribution in [0.2, 0.25) is 5.15 Å². The maximum atomic E-state index is 13.1. The highest BCUT2D eigenvalue weighted by atomic mass is 35.5. The molecule has 29 heavy (non-hydrogen) atoms. The van der Waals surface area contributed by atoms with Crippen molar-refractivity contribution < 1.29 is 9.18 Å². The van der Waals surface area contributed by atoms with E-state index in [9.17, 15) is 14.4 Å². The van der Waals surface area contributed by atoms with E-state index in [0.29, 0.717) is 28.3 Å². The summed E-state index contributed by atoms with van der Waals surface area (Å²) in [7, 11) is 0. The third kappa shape index (κ3) is 4.39. The van der Waals surface area contributed by atoms with Gasteiger partial charge in [-0.25, -0.2) is 19.0 Å². The molecule has 6 nitrogen and oxygen atoms in total. The summed E-state index contributed by atoms with van der Waals surface area (Å²) in [4.78, 5) is 21.0. The number of aryl methyl sites for hydroxylation is 3. The van der Waals surface area contributed by atoms with Gasteiger partial charge < -0.3 is 0 Å². The Balaban J connectivity index is 1.90. The Morgan fingerprint density at radius 1 is 1.21 bits per heavy atom. The van der Waals surface area contributed by atoms with E-state index in [4.69, 9.17) is 11.6 Å². The van der Waals surface area contributed by atoms with Gasteiger partial charge in [-0.1, -0.05) is 11.6 Å². The molecule has 1 aromatic carbocycles. The van der Waals surface area contributed by atoms with Crippen LogP contribution in [0.5, 0.6) is 0 Å². The summed E-state index contributed by atoms with van der Waals surface area (Å²) in [6, 6.07) is 9.45.